The van der Waals surface area contributed by atoms with Crippen LogP contribution in [0.2, 0.25) is 0 Å². The molecule has 0 aromatic carbocycles. The van der Waals surface area contributed by atoms with Gasteiger partial charge in [0, 0.05) is 31.5 Å². The van der Waals surface area contributed by atoms with E-state index in [0.29, 0.717) is 12.3 Å². The second-order valence-electron chi connectivity index (χ2n) is 10.5. The summed E-state index contributed by atoms with van der Waals surface area (Å²) in [6, 6.07) is 0. The molecular weight excluding hydrogens is 420 g/mol. The molecule has 0 bridgehead atoms. The van der Waals surface area contributed by atoms with Crippen LogP contribution in [0.25, 0.3) is 0 Å². The van der Waals surface area contributed by atoms with Gasteiger partial charge < -0.3 is 23.7 Å². The summed E-state index contributed by atoms with van der Waals surface area (Å²) < 4.78 is 30.2. The van der Waals surface area contributed by atoms with Gasteiger partial charge in [0.05, 0.1) is 18.6 Å². The van der Waals surface area contributed by atoms with Crippen LogP contribution in [0.5, 0.6) is 0 Å². The smallest absolute Gasteiger partial charge is 0.306 e. The van der Waals surface area contributed by atoms with Crippen molar-refractivity contribution in [2.45, 2.75) is 122 Å². The molecule has 4 fully saturated rings. The first-order valence-corrected chi connectivity index (χ1v) is 13.5. The SMILES string of the molecule is CCCC[C@H](C)C[C@@H](C=C[C@@H]1[C@@H]2CC(=O)O[C@@H]2C[C@H]1OC1CCCCO1)OC1CCCCO1. The van der Waals surface area contributed by atoms with Crippen LogP contribution in [0.3, 0.4) is 0 Å². The van der Waals surface area contributed by atoms with E-state index in [-0.39, 0.29) is 48.7 Å². The maximum absolute atomic E-state index is 12.0. The van der Waals surface area contributed by atoms with E-state index in [1.807, 2.05) is 0 Å². The van der Waals surface area contributed by atoms with Crippen molar-refractivity contribution in [1.29, 1.82) is 0 Å². The molecule has 0 amide bonds. The number of ether oxygens (including phenoxy) is 5. The summed E-state index contributed by atoms with van der Waals surface area (Å²) >= 11 is 0. The first kappa shape index (κ1) is 25.2. The number of esters is 1. The third-order valence-electron chi connectivity index (χ3n) is 7.71. The van der Waals surface area contributed by atoms with Gasteiger partial charge >= 0.3 is 5.97 Å². The van der Waals surface area contributed by atoms with Gasteiger partial charge in [0.25, 0.3) is 0 Å². The monoisotopic (exact) mass is 464 g/mol. The maximum atomic E-state index is 12.0. The van der Waals surface area contributed by atoms with Crippen LogP contribution in [0.4, 0.5) is 0 Å². The molecule has 4 rings (SSSR count). The zero-order chi connectivity index (χ0) is 23.0. The molecule has 1 saturated carbocycles. The van der Waals surface area contributed by atoms with E-state index in [1.165, 1.54) is 19.3 Å². The minimum atomic E-state index is -0.133. The van der Waals surface area contributed by atoms with E-state index in [1.54, 1.807) is 0 Å². The van der Waals surface area contributed by atoms with Crippen molar-refractivity contribution in [3.05, 3.63) is 12.2 Å². The van der Waals surface area contributed by atoms with Crippen molar-refractivity contribution in [3.8, 4) is 0 Å². The molecule has 1 aliphatic carbocycles. The fraction of sp³-hybridized carbons (Fsp3) is 0.889. The number of carbonyl (C=O) groups is 1. The van der Waals surface area contributed by atoms with Gasteiger partial charge in [-0.2, -0.15) is 0 Å². The van der Waals surface area contributed by atoms with Gasteiger partial charge in [-0.3, -0.25) is 4.79 Å². The summed E-state index contributed by atoms with van der Waals surface area (Å²) in [7, 11) is 0. The van der Waals surface area contributed by atoms with Gasteiger partial charge in [-0.1, -0.05) is 45.3 Å². The average molecular weight is 465 g/mol. The summed E-state index contributed by atoms with van der Waals surface area (Å²) in [6.45, 7) is 6.12. The molecule has 3 heterocycles. The Morgan fingerprint density at radius 3 is 2.55 bits per heavy atom. The van der Waals surface area contributed by atoms with Crippen LogP contribution in [0.1, 0.15) is 90.9 Å². The molecular formula is C27H44O6. The molecule has 33 heavy (non-hydrogen) atoms. The number of hydrogen-bond donors (Lipinski definition) is 0. The van der Waals surface area contributed by atoms with Crippen LogP contribution in [0.15, 0.2) is 12.2 Å². The van der Waals surface area contributed by atoms with Crippen LogP contribution in [-0.4, -0.2) is 50.1 Å². The fourth-order valence-corrected chi connectivity index (χ4v) is 5.84. The largest absolute Gasteiger partial charge is 0.462 e. The summed E-state index contributed by atoms with van der Waals surface area (Å²) in [5, 5.41) is 0. The van der Waals surface area contributed by atoms with E-state index >= 15 is 0 Å². The average Bonchev–Trinajstić information content (AvgIpc) is 3.32. The fourth-order valence-electron chi connectivity index (χ4n) is 5.84. The van der Waals surface area contributed by atoms with Gasteiger partial charge in [0.2, 0.25) is 0 Å². The topological polar surface area (TPSA) is 63.2 Å². The van der Waals surface area contributed by atoms with Gasteiger partial charge in [0.15, 0.2) is 12.6 Å². The lowest BCUT2D eigenvalue weighted by Gasteiger charge is -2.30. The summed E-state index contributed by atoms with van der Waals surface area (Å²) in [5.41, 5.74) is 0. The summed E-state index contributed by atoms with van der Waals surface area (Å²) in [4.78, 5) is 12.0. The van der Waals surface area contributed by atoms with Gasteiger partial charge in [-0.05, 0) is 50.9 Å². The molecule has 3 aliphatic heterocycles. The molecule has 6 heteroatoms. The highest BCUT2D eigenvalue weighted by molar-refractivity contribution is 5.72. The van der Waals surface area contributed by atoms with Crippen LogP contribution in [0, 0.1) is 17.8 Å². The van der Waals surface area contributed by atoms with Gasteiger partial charge in [-0.25, -0.2) is 0 Å². The second-order valence-corrected chi connectivity index (χ2v) is 10.5. The predicted octanol–water partition coefficient (Wildman–Crippen LogP) is 5.53. The molecule has 8 atom stereocenters. The molecule has 0 spiro atoms. The molecule has 0 N–H and O–H groups in total. The molecule has 0 aromatic rings. The molecule has 4 aliphatic rings. The van der Waals surface area contributed by atoms with Crippen LogP contribution >= 0.6 is 0 Å². The van der Waals surface area contributed by atoms with Crippen molar-refractivity contribution in [2.24, 2.45) is 17.8 Å². The number of rotatable bonds is 11. The van der Waals surface area contributed by atoms with Gasteiger partial charge in [-0.15, -0.1) is 0 Å². The van der Waals surface area contributed by atoms with E-state index in [0.717, 1.165) is 64.6 Å². The number of fused-ring (bicyclic) bond motifs is 1. The Morgan fingerprint density at radius 1 is 1.09 bits per heavy atom. The zero-order valence-electron chi connectivity index (χ0n) is 20.6. The summed E-state index contributed by atoms with van der Waals surface area (Å²) in [6.07, 6.45) is 16.6. The van der Waals surface area contributed by atoms with E-state index < -0.39 is 0 Å². The number of hydrogen-bond acceptors (Lipinski definition) is 6. The van der Waals surface area contributed by atoms with Crippen LogP contribution in [-0.2, 0) is 28.5 Å². The van der Waals surface area contributed by atoms with Crippen molar-refractivity contribution in [3.63, 3.8) is 0 Å². The quantitative estimate of drug-likeness (QED) is 0.296. The highest BCUT2D eigenvalue weighted by atomic mass is 16.7. The second kappa shape index (κ2) is 12.7. The Kier molecular flexibility index (Phi) is 9.65. The zero-order valence-corrected chi connectivity index (χ0v) is 20.6. The molecule has 2 unspecified atom stereocenters. The molecule has 3 saturated heterocycles. The lowest BCUT2D eigenvalue weighted by atomic mass is 9.90. The predicted molar refractivity (Wildman–Crippen MR) is 125 cm³/mol. The van der Waals surface area contributed by atoms with E-state index in [9.17, 15) is 4.79 Å². The Morgan fingerprint density at radius 2 is 1.85 bits per heavy atom. The maximum Gasteiger partial charge on any atom is 0.306 e. The molecule has 0 radical (unpaired) electrons. The third-order valence-corrected chi connectivity index (χ3v) is 7.71. The van der Waals surface area contributed by atoms with E-state index in [2.05, 4.69) is 26.0 Å². The van der Waals surface area contributed by atoms with Crippen molar-refractivity contribution < 1.29 is 28.5 Å². The number of carbonyl (C=O) groups excluding carboxylic acids is 1. The van der Waals surface area contributed by atoms with Crippen molar-refractivity contribution in [2.75, 3.05) is 13.2 Å². The third kappa shape index (κ3) is 7.27. The van der Waals surface area contributed by atoms with E-state index in [4.69, 9.17) is 23.7 Å². The first-order chi connectivity index (χ1) is 16.1. The minimum Gasteiger partial charge on any atom is -0.462 e. The lowest BCUT2D eigenvalue weighted by Crippen LogP contribution is -2.31. The van der Waals surface area contributed by atoms with Crippen LogP contribution < -0.4 is 0 Å². The highest BCUT2D eigenvalue weighted by Gasteiger charge is 2.50. The Bertz CT molecular complexity index is 624. The Hall–Kier alpha value is -0.950. The highest BCUT2D eigenvalue weighted by Crippen LogP contribution is 2.44. The minimum absolute atomic E-state index is 0.0172. The number of unbranched alkanes of at least 4 members (excludes halogenated alkanes) is 1. The van der Waals surface area contributed by atoms with Gasteiger partial charge in [0.1, 0.15) is 6.10 Å². The molecule has 6 nitrogen and oxygen atoms in total. The first-order valence-electron chi connectivity index (χ1n) is 13.5. The normalized spacial score (nSPS) is 36.6. The lowest BCUT2D eigenvalue weighted by molar-refractivity contribution is -0.194. The molecule has 0 aromatic heterocycles. The standard InChI is InChI=1S/C27H44O6/c1-3-4-9-19(2)16-20(31-26-10-5-7-14-29-26)12-13-21-22-17-25(28)32-24(22)18-23(21)33-27-11-6-8-15-30-27/h12-13,19-24,26-27H,3-11,14-18H2,1-2H3/t19-,20+,21+,22-,23+,24+,26?,27?/m0/s1. The van der Waals surface area contributed by atoms with Crippen molar-refractivity contribution in [1.82, 2.24) is 0 Å². The summed E-state index contributed by atoms with van der Waals surface area (Å²) in [5.74, 6) is 0.855. The Balaban J connectivity index is 1.43. The molecule has 188 valence electrons. The van der Waals surface area contributed by atoms with Crippen molar-refractivity contribution >= 4 is 5.97 Å². The Labute approximate surface area is 199 Å².